The van der Waals surface area contributed by atoms with Gasteiger partial charge in [-0.05, 0) is 54.8 Å². The molecule has 1 fully saturated rings. The van der Waals surface area contributed by atoms with E-state index in [1.807, 2.05) is 6.92 Å². The van der Waals surface area contributed by atoms with Gasteiger partial charge in [-0.25, -0.2) is 9.59 Å². The van der Waals surface area contributed by atoms with Gasteiger partial charge in [-0.1, -0.05) is 19.1 Å². The van der Waals surface area contributed by atoms with Crippen molar-refractivity contribution in [1.29, 1.82) is 0 Å². The number of nitrogens with zero attached hydrogens (tertiary/aromatic N) is 1. The van der Waals surface area contributed by atoms with Gasteiger partial charge in [0.2, 0.25) is 5.91 Å². The number of hydrogen-bond acceptors (Lipinski definition) is 6. The number of esters is 1. The molecule has 3 rings (SSSR count). The van der Waals surface area contributed by atoms with Crippen LogP contribution < -0.4 is 15.4 Å². The number of carbonyl (C=O) groups is 4. The van der Waals surface area contributed by atoms with Crippen molar-refractivity contribution in [2.45, 2.75) is 25.8 Å². The summed E-state index contributed by atoms with van der Waals surface area (Å²) >= 11 is 0. The Morgan fingerprint density at radius 3 is 2.50 bits per heavy atom. The molecule has 2 aromatic carbocycles. The summed E-state index contributed by atoms with van der Waals surface area (Å²) < 4.78 is 9.94. The third-order valence-electron chi connectivity index (χ3n) is 5.46. The first-order valence-electron chi connectivity index (χ1n) is 10.0. The second kappa shape index (κ2) is 9.09. The number of carbonyl (C=O) groups excluding carboxylic acids is 4. The monoisotopic (exact) mass is 439 g/mol. The second-order valence-electron chi connectivity index (χ2n) is 7.39. The molecule has 0 spiro atoms. The lowest BCUT2D eigenvalue weighted by atomic mass is 9.86. The minimum absolute atomic E-state index is 0.264. The summed E-state index contributed by atoms with van der Waals surface area (Å²) in [5.41, 5.74) is 0.781. The van der Waals surface area contributed by atoms with E-state index < -0.39 is 35.9 Å². The highest BCUT2D eigenvalue weighted by atomic mass is 16.5. The topological polar surface area (TPSA) is 114 Å². The van der Waals surface area contributed by atoms with E-state index >= 15 is 0 Å². The number of imide groups is 1. The molecule has 9 heteroatoms. The molecule has 1 heterocycles. The van der Waals surface area contributed by atoms with Gasteiger partial charge in [0.15, 0.2) is 0 Å². The maximum atomic E-state index is 13.3. The zero-order valence-corrected chi connectivity index (χ0v) is 18.4. The van der Waals surface area contributed by atoms with E-state index in [-0.39, 0.29) is 5.56 Å². The van der Waals surface area contributed by atoms with Gasteiger partial charge in [-0.2, -0.15) is 0 Å². The first-order chi connectivity index (χ1) is 15.2. The molecule has 1 unspecified atom stereocenters. The number of hydrogen-bond donors (Lipinski definition) is 2. The first-order valence-corrected chi connectivity index (χ1v) is 10.0. The molecule has 0 aromatic heterocycles. The van der Waals surface area contributed by atoms with Crippen LogP contribution in [-0.2, 0) is 19.9 Å². The second-order valence-corrected chi connectivity index (χ2v) is 7.39. The average molecular weight is 439 g/mol. The standard InChI is InChI=1S/C23H25N3O6/c1-5-23(16-9-10-18(31-3)14(2)11-16)21(29)26(22(30)25-23)13-19(27)24-17-8-6-7-15(12-17)20(28)32-4/h6-12H,5,13H2,1-4H3,(H,24,27)(H,25,30). The number of ether oxygens (including phenoxy) is 2. The van der Waals surface area contributed by atoms with Gasteiger partial charge >= 0.3 is 12.0 Å². The van der Waals surface area contributed by atoms with Crippen LogP contribution in [0.5, 0.6) is 5.75 Å². The van der Waals surface area contributed by atoms with Crippen LogP contribution >= 0.6 is 0 Å². The highest BCUT2D eigenvalue weighted by molar-refractivity contribution is 6.10. The Bertz CT molecular complexity index is 1080. The number of rotatable bonds is 7. The molecule has 0 saturated carbocycles. The van der Waals surface area contributed by atoms with E-state index in [2.05, 4.69) is 15.4 Å². The van der Waals surface area contributed by atoms with Crippen LogP contribution in [0.2, 0.25) is 0 Å². The van der Waals surface area contributed by atoms with Crippen molar-refractivity contribution in [2.75, 3.05) is 26.1 Å². The molecular formula is C23H25N3O6. The van der Waals surface area contributed by atoms with Crippen molar-refractivity contribution in [3.63, 3.8) is 0 Å². The van der Waals surface area contributed by atoms with Crippen molar-refractivity contribution < 1.29 is 28.7 Å². The lowest BCUT2D eigenvalue weighted by molar-refractivity contribution is -0.134. The number of amides is 4. The van der Waals surface area contributed by atoms with Crippen molar-refractivity contribution in [3.8, 4) is 5.75 Å². The van der Waals surface area contributed by atoms with E-state index in [1.165, 1.54) is 13.2 Å². The summed E-state index contributed by atoms with van der Waals surface area (Å²) in [7, 11) is 2.82. The van der Waals surface area contributed by atoms with Crippen LogP contribution in [0.15, 0.2) is 42.5 Å². The average Bonchev–Trinajstić information content (AvgIpc) is 3.03. The SMILES string of the molecule is CCC1(c2ccc(OC)c(C)c2)NC(=O)N(CC(=O)Nc2cccc(C(=O)OC)c2)C1=O. The van der Waals surface area contributed by atoms with Gasteiger partial charge in [-0.15, -0.1) is 0 Å². The number of anilines is 1. The smallest absolute Gasteiger partial charge is 0.337 e. The highest BCUT2D eigenvalue weighted by Gasteiger charge is 2.51. The Labute approximate surface area is 185 Å². The summed E-state index contributed by atoms with van der Waals surface area (Å²) in [4.78, 5) is 51.0. The van der Waals surface area contributed by atoms with E-state index in [0.717, 1.165) is 10.5 Å². The number of benzene rings is 2. The molecule has 1 aliphatic heterocycles. The zero-order chi connectivity index (χ0) is 23.5. The van der Waals surface area contributed by atoms with Crippen LogP contribution in [0.25, 0.3) is 0 Å². The summed E-state index contributed by atoms with van der Waals surface area (Å²) in [5.74, 6) is -0.957. The van der Waals surface area contributed by atoms with Crippen LogP contribution in [-0.4, -0.2) is 49.5 Å². The number of nitrogens with one attached hydrogen (secondary N) is 2. The third kappa shape index (κ3) is 4.14. The number of methoxy groups -OCH3 is 2. The van der Waals surface area contributed by atoms with Gasteiger partial charge in [0.25, 0.3) is 5.91 Å². The maximum Gasteiger partial charge on any atom is 0.337 e. The van der Waals surface area contributed by atoms with Crippen molar-refractivity contribution in [1.82, 2.24) is 10.2 Å². The third-order valence-corrected chi connectivity index (χ3v) is 5.46. The summed E-state index contributed by atoms with van der Waals surface area (Å²) in [5, 5.41) is 5.36. The van der Waals surface area contributed by atoms with Crippen LogP contribution in [0.1, 0.15) is 34.8 Å². The summed E-state index contributed by atoms with van der Waals surface area (Å²) in [6, 6.07) is 10.8. The molecule has 1 aliphatic rings. The largest absolute Gasteiger partial charge is 0.496 e. The lowest BCUT2D eigenvalue weighted by Gasteiger charge is -2.26. The minimum atomic E-state index is -1.26. The fourth-order valence-electron chi connectivity index (χ4n) is 3.74. The molecule has 9 nitrogen and oxygen atoms in total. The first kappa shape index (κ1) is 22.8. The Kier molecular flexibility index (Phi) is 6.47. The van der Waals surface area contributed by atoms with Crippen molar-refractivity contribution in [2.24, 2.45) is 0 Å². The fourth-order valence-corrected chi connectivity index (χ4v) is 3.74. The van der Waals surface area contributed by atoms with E-state index in [1.54, 1.807) is 50.4 Å². The molecule has 0 bridgehead atoms. The number of aryl methyl sites for hydroxylation is 1. The lowest BCUT2D eigenvalue weighted by Crippen LogP contribution is -2.44. The van der Waals surface area contributed by atoms with Gasteiger partial charge in [0, 0.05) is 5.69 Å². The van der Waals surface area contributed by atoms with Crippen LogP contribution in [0.4, 0.5) is 10.5 Å². The molecule has 2 aromatic rings. The minimum Gasteiger partial charge on any atom is -0.496 e. The molecule has 0 radical (unpaired) electrons. The molecular weight excluding hydrogens is 414 g/mol. The predicted molar refractivity (Wildman–Crippen MR) is 116 cm³/mol. The van der Waals surface area contributed by atoms with E-state index in [9.17, 15) is 19.2 Å². The number of urea groups is 1. The van der Waals surface area contributed by atoms with Gasteiger partial charge in [0.1, 0.15) is 17.8 Å². The Morgan fingerprint density at radius 1 is 1.12 bits per heavy atom. The quantitative estimate of drug-likeness (QED) is 0.506. The molecule has 32 heavy (non-hydrogen) atoms. The molecule has 2 N–H and O–H groups in total. The Balaban J connectivity index is 1.79. The highest BCUT2D eigenvalue weighted by Crippen LogP contribution is 2.34. The van der Waals surface area contributed by atoms with Crippen LogP contribution in [0, 0.1) is 6.92 Å². The predicted octanol–water partition coefficient (Wildman–Crippen LogP) is 2.59. The summed E-state index contributed by atoms with van der Waals surface area (Å²) in [6.07, 6.45) is 0.308. The normalized spacial score (nSPS) is 17.7. The maximum absolute atomic E-state index is 13.3. The van der Waals surface area contributed by atoms with E-state index in [4.69, 9.17) is 4.74 Å². The van der Waals surface area contributed by atoms with Crippen LogP contribution in [0.3, 0.4) is 0 Å². The van der Waals surface area contributed by atoms with E-state index in [0.29, 0.717) is 23.4 Å². The van der Waals surface area contributed by atoms with Crippen molar-refractivity contribution >= 4 is 29.5 Å². The molecule has 168 valence electrons. The van der Waals surface area contributed by atoms with Gasteiger partial charge < -0.3 is 20.1 Å². The van der Waals surface area contributed by atoms with Crippen molar-refractivity contribution in [3.05, 3.63) is 59.2 Å². The summed E-state index contributed by atoms with van der Waals surface area (Å²) in [6.45, 7) is 3.17. The van der Waals surface area contributed by atoms with Gasteiger partial charge in [0.05, 0.1) is 19.8 Å². The zero-order valence-electron chi connectivity index (χ0n) is 18.4. The fraction of sp³-hybridized carbons (Fsp3) is 0.304. The van der Waals surface area contributed by atoms with Gasteiger partial charge in [-0.3, -0.25) is 14.5 Å². The molecule has 4 amide bonds. The molecule has 1 atom stereocenters. The Morgan fingerprint density at radius 2 is 1.88 bits per heavy atom. The Hall–Kier alpha value is -3.88. The molecule has 0 aliphatic carbocycles. The molecule has 1 saturated heterocycles.